The number of rotatable bonds is 3. The summed E-state index contributed by atoms with van der Waals surface area (Å²) in [6, 6.07) is 2.68. The van der Waals surface area contributed by atoms with Crippen LogP contribution in [0, 0.1) is 5.92 Å². The van der Waals surface area contributed by atoms with Crippen LogP contribution in [-0.4, -0.2) is 55.6 Å². The van der Waals surface area contributed by atoms with Gasteiger partial charge in [-0.15, -0.1) is 0 Å². The van der Waals surface area contributed by atoms with Gasteiger partial charge in [-0.25, -0.2) is 4.99 Å². The molecule has 3 rings (SSSR count). The van der Waals surface area contributed by atoms with Gasteiger partial charge in [-0.1, -0.05) is 0 Å². The van der Waals surface area contributed by atoms with Crippen LogP contribution in [-0.2, 0) is 19.1 Å². The Hall–Kier alpha value is -2.35. The number of aliphatic imine (C=N–C) groups is 1. The highest BCUT2D eigenvalue weighted by molar-refractivity contribution is 6.08. The molecule has 3 heterocycles. The molecule has 1 amide bonds. The molecule has 0 aromatic carbocycles. The molecule has 2 atom stereocenters. The van der Waals surface area contributed by atoms with Crippen molar-refractivity contribution in [2.75, 3.05) is 32.9 Å². The second kappa shape index (κ2) is 6.82. The lowest BCUT2D eigenvalue weighted by Crippen LogP contribution is -2.55. The fourth-order valence-corrected chi connectivity index (χ4v) is 2.66. The quantitative estimate of drug-likeness (QED) is 0.636. The van der Waals surface area contributed by atoms with Crippen LogP contribution in [0.2, 0.25) is 0 Å². The zero-order valence-electron chi connectivity index (χ0n) is 12.9. The van der Waals surface area contributed by atoms with Crippen molar-refractivity contribution in [3.63, 3.8) is 0 Å². The lowest BCUT2D eigenvalue weighted by atomic mass is 9.95. The van der Waals surface area contributed by atoms with Crippen LogP contribution >= 0.6 is 0 Å². The number of nitrogens with zero attached hydrogens (tertiary/aromatic N) is 2. The third kappa shape index (κ3) is 3.21. The van der Waals surface area contributed by atoms with Gasteiger partial charge in [-0.05, 0) is 19.1 Å². The van der Waals surface area contributed by atoms with Crippen molar-refractivity contribution in [3.05, 3.63) is 24.2 Å². The van der Waals surface area contributed by atoms with Crippen LogP contribution in [0.1, 0.15) is 18.7 Å². The number of morpholine rings is 1. The average molecular weight is 321 g/mol. The van der Waals surface area contributed by atoms with Gasteiger partial charge in [-0.3, -0.25) is 14.9 Å². The normalized spacial score (nSPS) is 24.8. The number of ether oxygens (including phenoxy) is 2. The Balaban J connectivity index is 1.91. The molecule has 0 radical (unpaired) electrons. The van der Waals surface area contributed by atoms with Crippen molar-refractivity contribution < 1.29 is 23.5 Å². The van der Waals surface area contributed by atoms with Gasteiger partial charge >= 0.3 is 5.97 Å². The molecule has 1 saturated heterocycles. The minimum atomic E-state index is -1.05. The minimum absolute atomic E-state index is 0.202. The zero-order valence-corrected chi connectivity index (χ0v) is 12.9. The number of amides is 1. The van der Waals surface area contributed by atoms with Gasteiger partial charge in [0, 0.05) is 13.1 Å². The number of hydrogen-bond donors (Lipinski definition) is 1. The molecule has 2 aliphatic rings. The molecular formula is C15H19N3O5. The third-order valence-electron chi connectivity index (χ3n) is 3.78. The second-order valence-electron chi connectivity index (χ2n) is 5.23. The first kappa shape index (κ1) is 15.5. The van der Waals surface area contributed by atoms with E-state index in [1.807, 2.05) is 4.90 Å². The van der Waals surface area contributed by atoms with E-state index < -0.39 is 23.8 Å². The summed E-state index contributed by atoms with van der Waals surface area (Å²) in [7, 11) is 0. The Morgan fingerprint density at radius 2 is 2.26 bits per heavy atom. The maximum absolute atomic E-state index is 12.5. The van der Waals surface area contributed by atoms with E-state index in [0.717, 1.165) is 0 Å². The van der Waals surface area contributed by atoms with Crippen LogP contribution in [0.4, 0.5) is 0 Å². The molecule has 0 bridgehead atoms. The summed E-state index contributed by atoms with van der Waals surface area (Å²) in [5.41, 5.74) is 0. The number of hydrogen-bond acceptors (Lipinski definition) is 7. The third-order valence-corrected chi connectivity index (χ3v) is 3.78. The van der Waals surface area contributed by atoms with E-state index in [-0.39, 0.29) is 6.61 Å². The first-order valence-electron chi connectivity index (χ1n) is 7.62. The van der Waals surface area contributed by atoms with Gasteiger partial charge in [0.25, 0.3) is 0 Å². The maximum Gasteiger partial charge on any atom is 0.321 e. The fourth-order valence-electron chi connectivity index (χ4n) is 2.66. The van der Waals surface area contributed by atoms with E-state index in [4.69, 9.17) is 13.9 Å². The van der Waals surface area contributed by atoms with Crippen molar-refractivity contribution in [3.8, 4) is 0 Å². The van der Waals surface area contributed by atoms with Crippen LogP contribution in [0.15, 0.2) is 27.8 Å². The monoisotopic (exact) mass is 321 g/mol. The number of carbonyl (C=O) groups excluding carboxylic acids is 2. The zero-order chi connectivity index (χ0) is 16.2. The van der Waals surface area contributed by atoms with E-state index in [2.05, 4.69) is 10.3 Å². The molecule has 1 N–H and O–H groups in total. The number of carbonyl (C=O) groups is 2. The Bertz CT molecular complexity index is 592. The highest BCUT2D eigenvalue weighted by Crippen LogP contribution is 2.31. The summed E-state index contributed by atoms with van der Waals surface area (Å²) < 4.78 is 15.7. The molecule has 23 heavy (non-hydrogen) atoms. The lowest BCUT2D eigenvalue weighted by molar-refractivity contribution is -0.153. The minimum Gasteiger partial charge on any atom is -0.467 e. The number of nitrogens with one attached hydrogen (secondary N) is 1. The van der Waals surface area contributed by atoms with Gasteiger partial charge in [0.05, 0.1) is 26.1 Å². The molecule has 0 spiro atoms. The fraction of sp³-hybridized carbons (Fsp3) is 0.533. The van der Waals surface area contributed by atoms with Crippen molar-refractivity contribution >= 4 is 17.8 Å². The molecule has 1 fully saturated rings. The predicted octanol–water partition coefficient (Wildman–Crippen LogP) is 0.318. The Morgan fingerprint density at radius 3 is 2.91 bits per heavy atom. The average Bonchev–Trinajstić information content (AvgIpc) is 3.09. The molecule has 0 unspecified atom stereocenters. The van der Waals surface area contributed by atoms with Gasteiger partial charge in [0.1, 0.15) is 11.8 Å². The summed E-state index contributed by atoms with van der Waals surface area (Å²) in [6.07, 6.45) is 1.49. The van der Waals surface area contributed by atoms with Gasteiger partial charge < -0.3 is 18.8 Å². The Kier molecular flexibility index (Phi) is 4.61. The molecule has 8 nitrogen and oxygen atoms in total. The molecule has 124 valence electrons. The van der Waals surface area contributed by atoms with Gasteiger partial charge in [0.2, 0.25) is 11.9 Å². The molecule has 0 aliphatic carbocycles. The summed E-state index contributed by atoms with van der Waals surface area (Å²) in [5.74, 6) is -1.17. The smallest absolute Gasteiger partial charge is 0.321 e. The maximum atomic E-state index is 12.5. The topological polar surface area (TPSA) is 93.4 Å². The molecule has 1 aromatic rings. The standard InChI is InChI=1S/C15H19N3O5/c1-2-22-14(20)11-12(10-4-3-7-23-10)16-15(17-13(11)19)18-5-8-21-9-6-18/h3-4,7,11-12H,2,5-6,8-9H2,1H3,(H,16,17,19)/t11-,12+/m0/s1. The van der Waals surface area contributed by atoms with E-state index in [0.29, 0.717) is 38.0 Å². The van der Waals surface area contributed by atoms with E-state index in [9.17, 15) is 9.59 Å². The second-order valence-corrected chi connectivity index (χ2v) is 5.23. The van der Waals surface area contributed by atoms with Crippen molar-refractivity contribution in [2.24, 2.45) is 10.9 Å². The van der Waals surface area contributed by atoms with E-state index >= 15 is 0 Å². The largest absolute Gasteiger partial charge is 0.467 e. The van der Waals surface area contributed by atoms with E-state index in [1.54, 1.807) is 19.1 Å². The summed E-state index contributed by atoms with van der Waals surface area (Å²) >= 11 is 0. The summed E-state index contributed by atoms with van der Waals surface area (Å²) in [4.78, 5) is 31.1. The molecule has 0 saturated carbocycles. The van der Waals surface area contributed by atoms with Crippen molar-refractivity contribution in [1.29, 1.82) is 0 Å². The van der Waals surface area contributed by atoms with Gasteiger partial charge in [0.15, 0.2) is 5.92 Å². The van der Waals surface area contributed by atoms with Crippen LogP contribution in [0.3, 0.4) is 0 Å². The first-order valence-corrected chi connectivity index (χ1v) is 7.62. The first-order chi connectivity index (χ1) is 11.2. The van der Waals surface area contributed by atoms with Crippen LogP contribution in [0.5, 0.6) is 0 Å². The molecule has 1 aromatic heterocycles. The SMILES string of the molecule is CCOC(=O)[C@@H]1C(=O)NC(N2CCOCC2)=N[C@@H]1c1ccco1. The van der Waals surface area contributed by atoms with Crippen molar-refractivity contribution in [2.45, 2.75) is 13.0 Å². The highest BCUT2D eigenvalue weighted by Gasteiger charge is 2.43. The number of guanidine groups is 1. The van der Waals surface area contributed by atoms with Crippen LogP contribution < -0.4 is 5.32 Å². The van der Waals surface area contributed by atoms with Crippen LogP contribution in [0.25, 0.3) is 0 Å². The van der Waals surface area contributed by atoms with E-state index in [1.165, 1.54) is 6.26 Å². The predicted molar refractivity (Wildman–Crippen MR) is 79.5 cm³/mol. The highest BCUT2D eigenvalue weighted by atomic mass is 16.5. The molecule has 8 heteroatoms. The number of furan rings is 1. The summed E-state index contributed by atoms with van der Waals surface area (Å²) in [6.45, 7) is 4.31. The number of esters is 1. The molecule has 2 aliphatic heterocycles. The lowest BCUT2D eigenvalue weighted by Gasteiger charge is -2.34. The van der Waals surface area contributed by atoms with Gasteiger partial charge in [-0.2, -0.15) is 0 Å². The Morgan fingerprint density at radius 1 is 1.48 bits per heavy atom. The molecular weight excluding hydrogens is 302 g/mol. The Labute approximate surface area is 133 Å². The van der Waals surface area contributed by atoms with Crippen molar-refractivity contribution in [1.82, 2.24) is 10.2 Å². The summed E-state index contributed by atoms with van der Waals surface area (Å²) in [5, 5.41) is 2.71.